The van der Waals surface area contributed by atoms with E-state index in [2.05, 4.69) is 15.1 Å². The minimum absolute atomic E-state index is 0.234. The molecule has 3 aromatic rings. The van der Waals surface area contributed by atoms with Gasteiger partial charge in [-0.25, -0.2) is 4.98 Å². The zero-order chi connectivity index (χ0) is 11.8. The van der Waals surface area contributed by atoms with Gasteiger partial charge in [-0.3, -0.25) is 0 Å². The van der Waals surface area contributed by atoms with Crippen LogP contribution in [0.25, 0.3) is 22.5 Å². The molecule has 0 aliphatic heterocycles. The second kappa shape index (κ2) is 3.67. The maximum absolute atomic E-state index is 5.41. The van der Waals surface area contributed by atoms with Crippen LogP contribution in [-0.2, 0) is 6.54 Å². The van der Waals surface area contributed by atoms with Crippen LogP contribution in [-0.4, -0.2) is 15.1 Å². The summed E-state index contributed by atoms with van der Waals surface area (Å²) in [6.07, 6.45) is 0. The third-order valence-electron chi connectivity index (χ3n) is 2.40. The lowest BCUT2D eigenvalue weighted by Gasteiger charge is -1.92. The van der Waals surface area contributed by atoms with Gasteiger partial charge < -0.3 is 14.7 Å². The molecule has 6 nitrogen and oxygen atoms in total. The van der Waals surface area contributed by atoms with Gasteiger partial charge in [-0.1, -0.05) is 5.16 Å². The maximum Gasteiger partial charge on any atom is 0.240 e. The highest BCUT2D eigenvalue weighted by Crippen LogP contribution is 2.22. The van der Waals surface area contributed by atoms with Crippen molar-refractivity contribution >= 4 is 11.1 Å². The summed E-state index contributed by atoms with van der Waals surface area (Å²) in [5.74, 6) is 1.55. The predicted octanol–water partition coefficient (Wildman–Crippen LogP) is 1.64. The molecule has 2 heterocycles. The molecule has 86 valence electrons. The Morgan fingerprint density at radius 1 is 1.29 bits per heavy atom. The lowest BCUT2D eigenvalue weighted by atomic mass is 10.2. The van der Waals surface area contributed by atoms with E-state index in [1.54, 1.807) is 6.92 Å². The number of hydrogen-bond acceptors (Lipinski definition) is 6. The standard InChI is InChI=1S/C11H10N4O2/c1-6-13-8-4-7(2-3-9(8)16-6)11-14-10(5-12)17-15-11/h2-4H,5,12H2,1H3. The fourth-order valence-electron chi connectivity index (χ4n) is 1.64. The zero-order valence-electron chi connectivity index (χ0n) is 9.17. The Labute approximate surface area is 96.4 Å². The molecule has 0 bridgehead atoms. The Bertz CT molecular complexity index is 671. The van der Waals surface area contributed by atoms with Gasteiger partial charge >= 0.3 is 0 Å². The fourth-order valence-corrected chi connectivity index (χ4v) is 1.64. The van der Waals surface area contributed by atoms with Crippen molar-refractivity contribution in [3.8, 4) is 11.4 Å². The van der Waals surface area contributed by atoms with E-state index in [1.807, 2.05) is 18.2 Å². The minimum Gasteiger partial charge on any atom is -0.441 e. The summed E-state index contributed by atoms with van der Waals surface area (Å²) < 4.78 is 10.3. The maximum atomic E-state index is 5.41. The number of hydrogen-bond donors (Lipinski definition) is 1. The summed E-state index contributed by atoms with van der Waals surface area (Å²) in [4.78, 5) is 8.40. The zero-order valence-corrected chi connectivity index (χ0v) is 9.17. The van der Waals surface area contributed by atoms with E-state index in [0.29, 0.717) is 17.6 Å². The van der Waals surface area contributed by atoms with E-state index in [4.69, 9.17) is 14.7 Å². The average molecular weight is 230 g/mol. The Kier molecular flexibility index (Phi) is 2.15. The van der Waals surface area contributed by atoms with Crippen LogP contribution < -0.4 is 5.73 Å². The summed E-state index contributed by atoms with van der Waals surface area (Å²) in [5, 5.41) is 3.85. The second-order valence-corrected chi connectivity index (χ2v) is 3.63. The number of aryl methyl sites for hydroxylation is 1. The first-order valence-corrected chi connectivity index (χ1v) is 5.16. The molecule has 0 fully saturated rings. The number of aromatic nitrogens is 3. The number of nitrogens with two attached hydrogens (primary N) is 1. The van der Waals surface area contributed by atoms with Crippen molar-refractivity contribution in [1.29, 1.82) is 0 Å². The third-order valence-corrected chi connectivity index (χ3v) is 2.40. The first kappa shape index (κ1) is 9.98. The molecule has 0 unspecified atom stereocenters. The molecule has 1 aromatic carbocycles. The third kappa shape index (κ3) is 1.68. The van der Waals surface area contributed by atoms with Crippen LogP contribution in [0.15, 0.2) is 27.1 Å². The van der Waals surface area contributed by atoms with E-state index in [1.165, 1.54) is 0 Å². The van der Waals surface area contributed by atoms with Gasteiger partial charge in [0.15, 0.2) is 11.5 Å². The second-order valence-electron chi connectivity index (χ2n) is 3.63. The number of rotatable bonds is 2. The quantitative estimate of drug-likeness (QED) is 0.719. The molecule has 2 N–H and O–H groups in total. The first-order valence-electron chi connectivity index (χ1n) is 5.16. The lowest BCUT2D eigenvalue weighted by Crippen LogP contribution is -1.95. The van der Waals surface area contributed by atoms with E-state index in [9.17, 15) is 0 Å². The number of benzene rings is 1. The van der Waals surface area contributed by atoms with Crippen molar-refractivity contribution in [2.45, 2.75) is 13.5 Å². The summed E-state index contributed by atoms with van der Waals surface area (Å²) in [5.41, 5.74) is 7.76. The molecule has 6 heteroatoms. The van der Waals surface area contributed by atoms with E-state index in [-0.39, 0.29) is 6.54 Å². The van der Waals surface area contributed by atoms with Crippen molar-refractivity contribution in [2.75, 3.05) is 0 Å². The van der Waals surface area contributed by atoms with Crippen molar-refractivity contribution in [1.82, 2.24) is 15.1 Å². The highest BCUT2D eigenvalue weighted by molar-refractivity contribution is 5.78. The molecular weight excluding hydrogens is 220 g/mol. The minimum atomic E-state index is 0.234. The molecule has 0 aliphatic carbocycles. The Morgan fingerprint density at radius 2 is 2.18 bits per heavy atom. The highest BCUT2D eigenvalue weighted by atomic mass is 16.5. The number of fused-ring (bicyclic) bond motifs is 1. The van der Waals surface area contributed by atoms with Gasteiger partial charge in [0, 0.05) is 12.5 Å². The SMILES string of the molecule is Cc1nc2cc(-c3noc(CN)n3)ccc2o1. The van der Waals surface area contributed by atoms with Crippen LogP contribution >= 0.6 is 0 Å². The summed E-state index contributed by atoms with van der Waals surface area (Å²) >= 11 is 0. The topological polar surface area (TPSA) is 91.0 Å². The molecule has 0 atom stereocenters. The summed E-state index contributed by atoms with van der Waals surface area (Å²) in [6.45, 7) is 2.04. The van der Waals surface area contributed by atoms with Crippen LogP contribution in [0, 0.1) is 6.92 Å². The van der Waals surface area contributed by atoms with E-state index < -0.39 is 0 Å². The molecular formula is C11H10N4O2. The number of nitrogens with zero attached hydrogens (tertiary/aromatic N) is 3. The van der Waals surface area contributed by atoms with Crippen LogP contribution in [0.3, 0.4) is 0 Å². The largest absolute Gasteiger partial charge is 0.441 e. The smallest absolute Gasteiger partial charge is 0.240 e. The average Bonchev–Trinajstić information content (AvgIpc) is 2.92. The van der Waals surface area contributed by atoms with Crippen LogP contribution in [0.1, 0.15) is 11.8 Å². The first-order chi connectivity index (χ1) is 8.26. The van der Waals surface area contributed by atoms with Crippen molar-refractivity contribution in [3.05, 3.63) is 30.0 Å². The monoisotopic (exact) mass is 230 g/mol. The van der Waals surface area contributed by atoms with Gasteiger partial charge in [0.05, 0.1) is 6.54 Å². The van der Waals surface area contributed by atoms with E-state index >= 15 is 0 Å². The van der Waals surface area contributed by atoms with Gasteiger partial charge in [0.2, 0.25) is 11.7 Å². The Morgan fingerprint density at radius 3 is 2.94 bits per heavy atom. The molecule has 0 saturated heterocycles. The molecule has 3 rings (SSSR count). The fraction of sp³-hybridized carbons (Fsp3) is 0.182. The van der Waals surface area contributed by atoms with Crippen LogP contribution in [0.4, 0.5) is 0 Å². The predicted molar refractivity (Wildman–Crippen MR) is 59.9 cm³/mol. The van der Waals surface area contributed by atoms with Crippen molar-refractivity contribution < 1.29 is 8.94 Å². The molecule has 0 spiro atoms. The molecule has 17 heavy (non-hydrogen) atoms. The van der Waals surface area contributed by atoms with Gasteiger partial charge in [0.25, 0.3) is 0 Å². The van der Waals surface area contributed by atoms with Gasteiger partial charge in [-0.2, -0.15) is 4.98 Å². The van der Waals surface area contributed by atoms with Gasteiger partial charge in [-0.05, 0) is 18.2 Å². The Balaban J connectivity index is 2.10. The van der Waals surface area contributed by atoms with Crippen LogP contribution in [0.2, 0.25) is 0 Å². The highest BCUT2D eigenvalue weighted by Gasteiger charge is 2.10. The molecule has 0 amide bonds. The summed E-state index contributed by atoms with van der Waals surface area (Å²) in [6, 6.07) is 5.55. The normalized spacial score (nSPS) is 11.2. The number of oxazole rings is 1. The molecule has 0 radical (unpaired) electrons. The van der Waals surface area contributed by atoms with Gasteiger partial charge in [-0.15, -0.1) is 0 Å². The van der Waals surface area contributed by atoms with E-state index in [0.717, 1.165) is 16.7 Å². The van der Waals surface area contributed by atoms with Crippen LogP contribution in [0.5, 0.6) is 0 Å². The molecule has 2 aromatic heterocycles. The molecule has 0 aliphatic rings. The molecule has 0 saturated carbocycles. The lowest BCUT2D eigenvalue weighted by molar-refractivity contribution is 0.380. The van der Waals surface area contributed by atoms with Gasteiger partial charge in [0.1, 0.15) is 5.52 Å². The van der Waals surface area contributed by atoms with Crippen molar-refractivity contribution in [3.63, 3.8) is 0 Å². The Hall–Kier alpha value is -2.21. The summed E-state index contributed by atoms with van der Waals surface area (Å²) in [7, 11) is 0. The van der Waals surface area contributed by atoms with Crippen molar-refractivity contribution in [2.24, 2.45) is 5.73 Å².